The molecule has 1 aromatic carbocycles. The molecule has 12 heteroatoms. The van der Waals surface area contributed by atoms with Crippen molar-refractivity contribution in [2.24, 2.45) is 5.73 Å². The van der Waals surface area contributed by atoms with Crippen LogP contribution < -0.4 is 11.1 Å². The Morgan fingerprint density at radius 1 is 1.26 bits per heavy atom. The molecule has 1 unspecified atom stereocenters. The number of primary amides is 1. The quantitative estimate of drug-likeness (QED) is 0.536. The Kier molecular flexibility index (Phi) is 5.04. The van der Waals surface area contributed by atoms with Gasteiger partial charge in [0.25, 0.3) is 0 Å². The van der Waals surface area contributed by atoms with E-state index in [1.54, 1.807) is 30.3 Å². The molecule has 0 saturated carbocycles. The van der Waals surface area contributed by atoms with Crippen molar-refractivity contribution in [2.45, 2.75) is 31.0 Å². The van der Waals surface area contributed by atoms with E-state index in [4.69, 9.17) is 10.3 Å². The molecule has 27 heavy (non-hydrogen) atoms. The highest BCUT2D eigenvalue weighted by Crippen LogP contribution is 2.31. The first-order valence-corrected chi connectivity index (χ1v) is 9.45. The van der Waals surface area contributed by atoms with Gasteiger partial charge >= 0.3 is 16.4 Å². The fourth-order valence-corrected chi connectivity index (χ4v) is 3.70. The first-order chi connectivity index (χ1) is 12.7. The molecule has 0 radical (unpaired) electrons. The van der Waals surface area contributed by atoms with Gasteiger partial charge in [0.05, 0.1) is 6.04 Å². The summed E-state index contributed by atoms with van der Waals surface area (Å²) in [5, 5.41) is 3.08. The van der Waals surface area contributed by atoms with Crippen LogP contribution in [0.2, 0.25) is 0 Å². The average molecular weight is 398 g/mol. The van der Waals surface area contributed by atoms with Crippen LogP contribution >= 0.6 is 0 Å². The van der Waals surface area contributed by atoms with Crippen molar-refractivity contribution in [1.82, 2.24) is 15.3 Å². The van der Waals surface area contributed by atoms with Crippen LogP contribution in [-0.2, 0) is 24.3 Å². The molecular weight excluding hydrogens is 380 g/mol. The topological polar surface area (TPSA) is 159 Å². The molecule has 4 amide bonds. The van der Waals surface area contributed by atoms with E-state index in [0.29, 0.717) is 10.6 Å². The summed E-state index contributed by atoms with van der Waals surface area (Å²) in [6, 6.07) is 4.94. The van der Waals surface area contributed by atoms with Crippen LogP contribution in [0.15, 0.2) is 30.3 Å². The molecule has 2 aliphatic rings. The molecule has 2 saturated heterocycles. The Labute approximate surface area is 155 Å². The van der Waals surface area contributed by atoms with Gasteiger partial charge in [0.15, 0.2) is 0 Å². The number of fused-ring (bicyclic) bond motifs is 2. The summed E-state index contributed by atoms with van der Waals surface area (Å²) < 4.78 is 34.9. The van der Waals surface area contributed by atoms with E-state index in [1.807, 2.05) is 0 Å². The van der Waals surface area contributed by atoms with Gasteiger partial charge in [-0.1, -0.05) is 30.3 Å². The minimum absolute atomic E-state index is 0.0546. The van der Waals surface area contributed by atoms with E-state index < -0.39 is 46.4 Å². The second-order valence-electron chi connectivity index (χ2n) is 6.26. The summed E-state index contributed by atoms with van der Waals surface area (Å²) in [6.07, 6.45) is 0.510. The standard InChI is InChI=1S/C15H18N4O7S/c16-13(20)12(9-4-2-1-3-5-9)17-14(21)11-7-6-10-8-18(11)15(22)19(10)26-27(23,24)25/h1-5,10-12H,6-8H2,(H2,16,20)(H,17,21)(H,23,24,25)/t10-,11+,12?/m0/s1. The highest BCUT2D eigenvalue weighted by Gasteiger charge is 2.49. The number of benzene rings is 1. The molecule has 3 atom stereocenters. The zero-order valence-corrected chi connectivity index (χ0v) is 14.8. The van der Waals surface area contributed by atoms with Gasteiger partial charge < -0.3 is 16.0 Å². The van der Waals surface area contributed by atoms with Crippen LogP contribution in [0, 0.1) is 0 Å². The number of carbonyl (C=O) groups is 3. The molecular formula is C15H18N4O7S. The van der Waals surface area contributed by atoms with Crippen LogP contribution in [0.3, 0.4) is 0 Å². The van der Waals surface area contributed by atoms with E-state index in [0.717, 1.165) is 4.90 Å². The van der Waals surface area contributed by atoms with Crippen molar-refractivity contribution >= 4 is 28.2 Å². The summed E-state index contributed by atoms with van der Waals surface area (Å²) >= 11 is 0. The third-order valence-electron chi connectivity index (χ3n) is 4.50. The SMILES string of the molecule is NC(=O)C(NC(=O)[C@H]1CC[C@H]2CN1C(=O)N2OS(=O)(=O)O)c1ccccc1. The van der Waals surface area contributed by atoms with Gasteiger partial charge in [-0.2, -0.15) is 13.5 Å². The van der Waals surface area contributed by atoms with Crippen LogP contribution in [-0.4, -0.2) is 59.4 Å². The minimum atomic E-state index is -4.87. The number of nitrogens with one attached hydrogen (secondary N) is 1. The zero-order chi connectivity index (χ0) is 19.8. The number of hydrogen-bond donors (Lipinski definition) is 3. The number of nitrogens with zero attached hydrogens (tertiary/aromatic N) is 2. The summed E-state index contributed by atoms with van der Waals surface area (Å²) in [5.41, 5.74) is 5.88. The lowest BCUT2D eigenvalue weighted by molar-refractivity contribution is -0.130. The van der Waals surface area contributed by atoms with Crippen molar-refractivity contribution in [3.63, 3.8) is 0 Å². The molecule has 2 heterocycles. The van der Waals surface area contributed by atoms with Gasteiger partial charge in [-0.15, -0.1) is 4.28 Å². The molecule has 0 spiro atoms. The molecule has 2 aliphatic heterocycles. The smallest absolute Gasteiger partial charge is 0.368 e. The molecule has 0 aromatic heterocycles. The number of amides is 4. The van der Waals surface area contributed by atoms with E-state index in [9.17, 15) is 22.8 Å². The van der Waals surface area contributed by atoms with Gasteiger partial charge in [0.2, 0.25) is 11.8 Å². The predicted molar refractivity (Wildman–Crippen MR) is 89.9 cm³/mol. The van der Waals surface area contributed by atoms with Crippen molar-refractivity contribution in [3.8, 4) is 0 Å². The third-order valence-corrected chi connectivity index (χ3v) is 4.85. The predicted octanol–water partition coefficient (Wildman–Crippen LogP) is -0.668. The van der Waals surface area contributed by atoms with Crippen LogP contribution in [0.5, 0.6) is 0 Å². The fraction of sp³-hybridized carbons (Fsp3) is 0.400. The van der Waals surface area contributed by atoms with Crippen molar-refractivity contribution in [1.29, 1.82) is 0 Å². The number of carbonyl (C=O) groups excluding carboxylic acids is 3. The van der Waals surface area contributed by atoms with Crippen molar-refractivity contribution < 1.29 is 31.6 Å². The van der Waals surface area contributed by atoms with Crippen LogP contribution in [0.1, 0.15) is 24.4 Å². The summed E-state index contributed by atoms with van der Waals surface area (Å²) in [6.45, 7) is 0.0546. The Hall–Kier alpha value is -2.70. The lowest BCUT2D eigenvalue weighted by Crippen LogP contribution is -2.51. The molecule has 2 fully saturated rings. The van der Waals surface area contributed by atoms with Crippen molar-refractivity contribution in [2.75, 3.05) is 6.54 Å². The van der Waals surface area contributed by atoms with E-state index in [-0.39, 0.29) is 19.4 Å². The largest absolute Gasteiger partial charge is 0.418 e. The normalized spacial score (nSPS) is 23.2. The van der Waals surface area contributed by atoms with Gasteiger partial charge in [-0.3, -0.25) is 14.1 Å². The fourth-order valence-electron chi connectivity index (χ4n) is 3.31. The molecule has 11 nitrogen and oxygen atoms in total. The maximum atomic E-state index is 12.7. The van der Waals surface area contributed by atoms with Crippen LogP contribution in [0.4, 0.5) is 4.79 Å². The molecule has 2 bridgehead atoms. The first-order valence-electron chi connectivity index (χ1n) is 8.09. The maximum absolute atomic E-state index is 12.7. The number of hydrogen-bond acceptors (Lipinski definition) is 6. The van der Waals surface area contributed by atoms with Crippen molar-refractivity contribution in [3.05, 3.63) is 35.9 Å². The summed E-state index contributed by atoms with van der Waals surface area (Å²) in [7, 11) is -4.87. The summed E-state index contributed by atoms with van der Waals surface area (Å²) in [4.78, 5) is 37.9. The van der Waals surface area contributed by atoms with E-state index in [1.165, 1.54) is 0 Å². The Balaban J connectivity index is 1.74. The summed E-state index contributed by atoms with van der Waals surface area (Å²) in [5.74, 6) is -1.35. The zero-order valence-electron chi connectivity index (χ0n) is 14.0. The number of nitrogens with two attached hydrogens (primary N) is 1. The monoisotopic (exact) mass is 398 g/mol. The number of rotatable bonds is 6. The number of piperidine rings is 1. The molecule has 4 N–H and O–H groups in total. The molecule has 0 aliphatic carbocycles. The van der Waals surface area contributed by atoms with Gasteiger partial charge in [0, 0.05) is 6.54 Å². The lowest BCUT2D eigenvalue weighted by atomic mass is 9.99. The van der Waals surface area contributed by atoms with Gasteiger partial charge in [-0.05, 0) is 18.4 Å². The molecule has 1 aromatic rings. The Bertz CT molecular complexity index is 860. The van der Waals surface area contributed by atoms with E-state index >= 15 is 0 Å². The third kappa shape index (κ3) is 4.02. The number of urea groups is 1. The Morgan fingerprint density at radius 3 is 2.52 bits per heavy atom. The second-order valence-corrected chi connectivity index (χ2v) is 7.27. The maximum Gasteiger partial charge on any atom is 0.418 e. The first kappa shape index (κ1) is 19.1. The molecule has 146 valence electrons. The van der Waals surface area contributed by atoms with Gasteiger partial charge in [0.1, 0.15) is 12.1 Å². The minimum Gasteiger partial charge on any atom is -0.368 e. The molecule has 3 rings (SSSR count). The highest BCUT2D eigenvalue weighted by molar-refractivity contribution is 7.80. The lowest BCUT2D eigenvalue weighted by Gasteiger charge is -2.30. The highest BCUT2D eigenvalue weighted by atomic mass is 32.3. The Morgan fingerprint density at radius 2 is 1.93 bits per heavy atom. The van der Waals surface area contributed by atoms with Gasteiger partial charge in [-0.25, -0.2) is 4.79 Å². The van der Waals surface area contributed by atoms with E-state index in [2.05, 4.69) is 9.60 Å². The average Bonchev–Trinajstić information content (AvgIpc) is 2.83. The number of hydroxylamine groups is 2. The second kappa shape index (κ2) is 7.13. The van der Waals surface area contributed by atoms with Crippen LogP contribution in [0.25, 0.3) is 0 Å².